The summed E-state index contributed by atoms with van der Waals surface area (Å²) in [5.41, 5.74) is 9.47. The summed E-state index contributed by atoms with van der Waals surface area (Å²) in [6.45, 7) is 0. The highest BCUT2D eigenvalue weighted by Gasteiger charge is 2.12. The van der Waals surface area contributed by atoms with E-state index in [4.69, 9.17) is 10.5 Å². The first-order chi connectivity index (χ1) is 10.2. The summed E-state index contributed by atoms with van der Waals surface area (Å²) in [6.07, 6.45) is 1.79. The lowest BCUT2D eigenvalue weighted by Crippen LogP contribution is -1.99. The average Bonchev–Trinajstić information content (AvgIpc) is 2.90. The summed E-state index contributed by atoms with van der Waals surface area (Å²) in [5.74, 6) is 0.827. The average molecular weight is 344 g/mol. The van der Waals surface area contributed by atoms with Gasteiger partial charge in [0.15, 0.2) is 0 Å². The number of hydrogen-bond donors (Lipinski definition) is 1. The van der Waals surface area contributed by atoms with Crippen LogP contribution < -0.4 is 10.5 Å². The first kappa shape index (κ1) is 13.7. The van der Waals surface area contributed by atoms with Crippen molar-refractivity contribution in [3.05, 3.63) is 59.2 Å². The standard InChI is InChI=1S/C16H14BrN3O/c1-21-14-8-2-11(3-9-14)16-15(17)10-19-20(16)13-6-4-12(18)5-7-13/h2-10H,18H2,1H3. The minimum atomic E-state index is 0.732. The van der Waals surface area contributed by atoms with E-state index in [1.54, 1.807) is 13.3 Å². The molecular weight excluding hydrogens is 330 g/mol. The van der Waals surface area contributed by atoms with Gasteiger partial charge in [-0.05, 0) is 64.5 Å². The second kappa shape index (κ2) is 5.61. The summed E-state index contributed by atoms with van der Waals surface area (Å²) in [7, 11) is 1.66. The number of hydrogen-bond acceptors (Lipinski definition) is 3. The fourth-order valence-corrected chi connectivity index (χ4v) is 2.64. The van der Waals surface area contributed by atoms with E-state index in [1.165, 1.54) is 0 Å². The lowest BCUT2D eigenvalue weighted by Gasteiger charge is -2.09. The smallest absolute Gasteiger partial charge is 0.118 e. The van der Waals surface area contributed by atoms with Crippen molar-refractivity contribution >= 4 is 21.6 Å². The number of nitrogens with zero attached hydrogens (tertiary/aromatic N) is 2. The number of halogens is 1. The van der Waals surface area contributed by atoms with Crippen LogP contribution in [-0.4, -0.2) is 16.9 Å². The maximum atomic E-state index is 5.74. The molecular formula is C16H14BrN3O. The molecule has 0 amide bonds. The van der Waals surface area contributed by atoms with Crippen molar-refractivity contribution in [2.24, 2.45) is 0 Å². The van der Waals surface area contributed by atoms with Crippen LogP contribution in [0.1, 0.15) is 0 Å². The lowest BCUT2D eigenvalue weighted by molar-refractivity contribution is 0.415. The molecule has 0 bridgehead atoms. The molecule has 2 N–H and O–H groups in total. The molecule has 3 rings (SSSR count). The third kappa shape index (κ3) is 2.64. The second-order valence-electron chi connectivity index (χ2n) is 4.57. The molecule has 0 saturated carbocycles. The highest BCUT2D eigenvalue weighted by Crippen LogP contribution is 2.31. The first-order valence-electron chi connectivity index (χ1n) is 6.43. The van der Waals surface area contributed by atoms with Crippen molar-refractivity contribution in [3.8, 4) is 22.7 Å². The number of nitrogens with two attached hydrogens (primary N) is 1. The van der Waals surface area contributed by atoms with E-state index in [0.717, 1.165) is 32.9 Å². The van der Waals surface area contributed by atoms with Crippen LogP contribution in [0.3, 0.4) is 0 Å². The van der Waals surface area contributed by atoms with Crippen LogP contribution in [0.2, 0.25) is 0 Å². The van der Waals surface area contributed by atoms with Gasteiger partial charge < -0.3 is 10.5 Å². The predicted octanol–water partition coefficient (Wildman–Crippen LogP) is 3.89. The Morgan fingerprint density at radius 1 is 1.05 bits per heavy atom. The lowest BCUT2D eigenvalue weighted by atomic mass is 10.1. The molecule has 0 atom stereocenters. The molecule has 1 aromatic heterocycles. The predicted molar refractivity (Wildman–Crippen MR) is 87.7 cm³/mol. The summed E-state index contributed by atoms with van der Waals surface area (Å²) in [4.78, 5) is 0. The van der Waals surface area contributed by atoms with Crippen molar-refractivity contribution in [1.29, 1.82) is 0 Å². The van der Waals surface area contributed by atoms with Gasteiger partial charge in [-0.2, -0.15) is 5.10 Å². The minimum absolute atomic E-state index is 0.732. The van der Waals surface area contributed by atoms with Gasteiger partial charge >= 0.3 is 0 Å². The normalized spacial score (nSPS) is 10.6. The molecule has 0 radical (unpaired) electrons. The molecule has 0 saturated heterocycles. The van der Waals surface area contributed by atoms with Crippen LogP contribution in [0, 0.1) is 0 Å². The number of rotatable bonds is 3. The Labute approximate surface area is 131 Å². The summed E-state index contributed by atoms with van der Waals surface area (Å²) in [5, 5.41) is 4.43. The number of methoxy groups -OCH3 is 1. The quantitative estimate of drug-likeness (QED) is 0.734. The second-order valence-corrected chi connectivity index (χ2v) is 5.43. The Balaban J connectivity index is 2.09. The molecule has 0 unspecified atom stereocenters. The zero-order chi connectivity index (χ0) is 14.8. The van der Waals surface area contributed by atoms with Crippen LogP contribution in [0.4, 0.5) is 5.69 Å². The summed E-state index contributed by atoms with van der Waals surface area (Å²) >= 11 is 3.56. The first-order valence-corrected chi connectivity index (χ1v) is 7.22. The van der Waals surface area contributed by atoms with Gasteiger partial charge in [-0.3, -0.25) is 0 Å². The van der Waals surface area contributed by atoms with Crippen LogP contribution in [0.25, 0.3) is 16.9 Å². The van der Waals surface area contributed by atoms with Gasteiger partial charge in [-0.1, -0.05) is 0 Å². The maximum absolute atomic E-state index is 5.74. The van der Waals surface area contributed by atoms with Gasteiger partial charge in [-0.15, -0.1) is 0 Å². The Bertz CT molecular complexity index is 748. The molecule has 2 aromatic carbocycles. The van der Waals surface area contributed by atoms with Crippen LogP contribution in [-0.2, 0) is 0 Å². The third-order valence-electron chi connectivity index (χ3n) is 3.23. The number of nitrogen functional groups attached to an aromatic ring is 1. The van der Waals surface area contributed by atoms with Gasteiger partial charge in [0.25, 0.3) is 0 Å². The Morgan fingerprint density at radius 3 is 2.33 bits per heavy atom. The number of aromatic nitrogens is 2. The molecule has 0 aliphatic carbocycles. The van der Waals surface area contributed by atoms with Gasteiger partial charge in [-0.25, -0.2) is 4.68 Å². The molecule has 3 aromatic rings. The molecule has 0 fully saturated rings. The van der Waals surface area contributed by atoms with Crippen molar-refractivity contribution in [1.82, 2.24) is 9.78 Å². The molecule has 1 heterocycles. The number of anilines is 1. The summed E-state index contributed by atoms with van der Waals surface area (Å²) < 4.78 is 8.01. The zero-order valence-electron chi connectivity index (χ0n) is 11.5. The van der Waals surface area contributed by atoms with E-state index in [2.05, 4.69) is 21.0 Å². The molecule has 21 heavy (non-hydrogen) atoms. The monoisotopic (exact) mass is 343 g/mol. The van der Waals surface area contributed by atoms with E-state index in [9.17, 15) is 0 Å². The highest BCUT2D eigenvalue weighted by atomic mass is 79.9. The molecule has 0 aliphatic rings. The zero-order valence-corrected chi connectivity index (χ0v) is 13.0. The van der Waals surface area contributed by atoms with Crippen LogP contribution in [0.5, 0.6) is 5.75 Å². The van der Waals surface area contributed by atoms with E-state index in [1.807, 2.05) is 53.2 Å². The van der Waals surface area contributed by atoms with Gasteiger partial charge in [0.1, 0.15) is 5.75 Å². The van der Waals surface area contributed by atoms with Crippen molar-refractivity contribution < 1.29 is 4.74 Å². The van der Waals surface area contributed by atoms with E-state index < -0.39 is 0 Å². The topological polar surface area (TPSA) is 53.1 Å². The fourth-order valence-electron chi connectivity index (χ4n) is 2.15. The van der Waals surface area contributed by atoms with E-state index in [-0.39, 0.29) is 0 Å². The van der Waals surface area contributed by atoms with Crippen LogP contribution in [0.15, 0.2) is 59.2 Å². The van der Waals surface area contributed by atoms with Crippen molar-refractivity contribution in [3.63, 3.8) is 0 Å². The fraction of sp³-hybridized carbons (Fsp3) is 0.0625. The minimum Gasteiger partial charge on any atom is -0.497 e. The SMILES string of the molecule is COc1ccc(-c2c(Br)cnn2-c2ccc(N)cc2)cc1. The molecule has 0 spiro atoms. The molecule has 4 nitrogen and oxygen atoms in total. The number of benzene rings is 2. The molecule has 106 valence electrons. The Hall–Kier alpha value is -2.27. The molecule has 5 heteroatoms. The molecule has 0 aliphatic heterocycles. The largest absolute Gasteiger partial charge is 0.497 e. The van der Waals surface area contributed by atoms with Crippen molar-refractivity contribution in [2.75, 3.05) is 12.8 Å². The van der Waals surface area contributed by atoms with Gasteiger partial charge in [0.05, 0.1) is 29.2 Å². The maximum Gasteiger partial charge on any atom is 0.118 e. The Morgan fingerprint density at radius 2 is 1.71 bits per heavy atom. The third-order valence-corrected chi connectivity index (χ3v) is 3.81. The van der Waals surface area contributed by atoms with Crippen molar-refractivity contribution in [2.45, 2.75) is 0 Å². The van der Waals surface area contributed by atoms with Gasteiger partial charge in [0, 0.05) is 11.3 Å². The van der Waals surface area contributed by atoms with E-state index >= 15 is 0 Å². The van der Waals surface area contributed by atoms with E-state index in [0.29, 0.717) is 0 Å². The summed E-state index contributed by atoms with van der Waals surface area (Å²) in [6, 6.07) is 15.5. The Kier molecular flexibility index (Phi) is 3.66. The number of ether oxygens (including phenoxy) is 1. The van der Waals surface area contributed by atoms with Crippen LogP contribution >= 0.6 is 15.9 Å². The van der Waals surface area contributed by atoms with Gasteiger partial charge in [0.2, 0.25) is 0 Å². The highest BCUT2D eigenvalue weighted by molar-refractivity contribution is 9.10.